The van der Waals surface area contributed by atoms with Crippen LogP contribution in [0.2, 0.25) is 0 Å². The molecule has 0 heterocycles. The Labute approximate surface area is 105 Å². The fourth-order valence-corrected chi connectivity index (χ4v) is 2.50. The topological polar surface area (TPSA) is 0 Å². The first-order chi connectivity index (χ1) is 7.70. The van der Waals surface area contributed by atoms with E-state index in [1.807, 2.05) is 0 Å². The molecule has 0 unspecified atom stereocenters. The highest BCUT2D eigenvalue weighted by Crippen LogP contribution is 2.29. The Hall–Kier alpha value is -1.08. The standard InChI is InChI=1S/C15H15Br/c1-3-12-5-7-13(8-6-12)14-9-4-11(2)10-15(14)16/h4-10H,3H2,1-2H3. The Morgan fingerprint density at radius 3 is 2.25 bits per heavy atom. The van der Waals surface area contributed by atoms with E-state index in [9.17, 15) is 0 Å². The summed E-state index contributed by atoms with van der Waals surface area (Å²) in [5, 5.41) is 0. The molecule has 0 aromatic heterocycles. The lowest BCUT2D eigenvalue weighted by Crippen LogP contribution is -1.83. The molecule has 2 rings (SSSR count). The Morgan fingerprint density at radius 2 is 1.69 bits per heavy atom. The number of aryl methyl sites for hydroxylation is 2. The molecule has 1 heteroatoms. The second-order valence-electron chi connectivity index (χ2n) is 4.03. The van der Waals surface area contributed by atoms with Crippen LogP contribution in [0.3, 0.4) is 0 Å². The zero-order valence-electron chi connectivity index (χ0n) is 9.63. The molecule has 0 nitrogen and oxygen atoms in total. The molecular weight excluding hydrogens is 260 g/mol. The van der Waals surface area contributed by atoms with Crippen LogP contribution in [-0.2, 0) is 6.42 Å². The quantitative estimate of drug-likeness (QED) is 0.724. The van der Waals surface area contributed by atoms with E-state index in [-0.39, 0.29) is 0 Å². The van der Waals surface area contributed by atoms with Crippen LogP contribution in [0.5, 0.6) is 0 Å². The average molecular weight is 275 g/mol. The third-order valence-electron chi connectivity index (χ3n) is 2.80. The summed E-state index contributed by atoms with van der Waals surface area (Å²) in [6.07, 6.45) is 1.09. The fourth-order valence-electron chi connectivity index (χ4n) is 1.77. The summed E-state index contributed by atoms with van der Waals surface area (Å²) in [4.78, 5) is 0. The Kier molecular flexibility index (Phi) is 3.45. The van der Waals surface area contributed by atoms with Gasteiger partial charge < -0.3 is 0 Å². The molecule has 0 atom stereocenters. The molecule has 0 fully saturated rings. The molecule has 2 aromatic rings. The van der Waals surface area contributed by atoms with Crippen LogP contribution in [0.15, 0.2) is 46.9 Å². The summed E-state index contributed by atoms with van der Waals surface area (Å²) in [5.74, 6) is 0. The summed E-state index contributed by atoms with van der Waals surface area (Å²) in [6, 6.07) is 15.2. The summed E-state index contributed by atoms with van der Waals surface area (Å²) in [6.45, 7) is 4.28. The Bertz CT molecular complexity index is 483. The maximum absolute atomic E-state index is 3.62. The predicted octanol–water partition coefficient (Wildman–Crippen LogP) is 4.99. The van der Waals surface area contributed by atoms with E-state index in [0.717, 1.165) is 10.9 Å². The van der Waals surface area contributed by atoms with Gasteiger partial charge in [0.15, 0.2) is 0 Å². The first-order valence-electron chi connectivity index (χ1n) is 5.56. The van der Waals surface area contributed by atoms with Crippen molar-refractivity contribution >= 4 is 15.9 Å². The van der Waals surface area contributed by atoms with Crippen LogP contribution in [-0.4, -0.2) is 0 Å². The first-order valence-corrected chi connectivity index (χ1v) is 6.35. The molecule has 0 spiro atoms. The van der Waals surface area contributed by atoms with E-state index >= 15 is 0 Å². The Balaban J connectivity index is 2.42. The van der Waals surface area contributed by atoms with Gasteiger partial charge in [0, 0.05) is 4.47 Å². The van der Waals surface area contributed by atoms with Crippen LogP contribution >= 0.6 is 15.9 Å². The highest BCUT2D eigenvalue weighted by atomic mass is 79.9. The van der Waals surface area contributed by atoms with E-state index in [1.54, 1.807) is 0 Å². The van der Waals surface area contributed by atoms with Crippen molar-refractivity contribution in [2.24, 2.45) is 0 Å². The lowest BCUT2D eigenvalue weighted by molar-refractivity contribution is 1.14. The number of benzene rings is 2. The second kappa shape index (κ2) is 4.84. The minimum absolute atomic E-state index is 1.09. The predicted molar refractivity (Wildman–Crippen MR) is 73.7 cm³/mol. The SMILES string of the molecule is CCc1ccc(-c2ccc(C)cc2Br)cc1. The third kappa shape index (κ3) is 2.35. The molecule has 0 aliphatic heterocycles. The van der Waals surface area contributed by atoms with E-state index in [0.29, 0.717) is 0 Å². The monoisotopic (exact) mass is 274 g/mol. The minimum atomic E-state index is 1.09. The second-order valence-corrected chi connectivity index (χ2v) is 4.89. The summed E-state index contributed by atoms with van der Waals surface area (Å²) < 4.78 is 1.16. The first kappa shape index (κ1) is 11.4. The van der Waals surface area contributed by atoms with Crippen molar-refractivity contribution < 1.29 is 0 Å². The van der Waals surface area contributed by atoms with Gasteiger partial charge in [0.05, 0.1) is 0 Å². The molecule has 0 aliphatic carbocycles. The van der Waals surface area contributed by atoms with Gasteiger partial charge >= 0.3 is 0 Å². The summed E-state index contributed by atoms with van der Waals surface area (Å²) in [7, 11) is 0. The highest BCUT2D eigenvalue weighted by Gasteiger charge is 2.02. The van der Waals surface area contributed by atoms with Gasteiger partial charge in [0.2, 0.25) is 0 Å². The largest absolute Gasteiger partial charge is 0.0613 e. The molecule has 0 saturated carbocycles. The van der Waals surface area contributed by atoms with Gasteiger partial charge in [-0.3, -0.25) is 0 Å². The maximum Gasteiger partial charge on any atom is 0.0256 e. The molecule has 0 saturated heterocycles. The van der Waals surface area contributed by atoms with Gasteiger partial charge in [-0.1, -0.05) is 59.3 Å². The van der Waals surface area contributed by atoms with Crippen molar-refractivity contribution in [3.63, 3.8) is 0 Å². The lowest BCUT2D eigenvalue weighted by atomic mass is 10.0. The van der Waals surface area contributed by atoms with Gasteiger partial charge in [-0.25, -0.2) is 0 Å². The van der Waals surface area contributed by atoms with E-state index in [4.69, 9.17) is 0 Å². The number of rotatable bonds is 2. The van der Waals surface area contributed by atoms with Crippen LogP contribution in [0, 0.1) is 6.92 Å². The molecule has 16 heavy (non-hydrogen) atoms. The zero-order chi connectivity index (χ0) is 11.5. The van der Waals surface area contributed by atoms with Crippen LogP contribution < -0.4 is 0 Å². The minimum Gasteiger partial charge on any atom is -0.0613 e. The van der Waals surface area contributed by atoms with Gasteiger partial charge in [-0.15, -0.1) is 0 Å². The maximum atomic E-state index is 3.62. The zero-order valence-corrected chi connectivity index (χ0v) is 11.2. The molecular formula is C15H15Br. The molecule has 0 aliphatic rings. The average Bonchev–Trinajstić information content (AvgIpc) is 2.29. The Morgan fingerprint density at radius 1 is 1.00 bits per heavy atom. The van der Waals surface area contributed by atoms with Crippen molar-refractivity contribution in [2.75, 3.05) is 0 Å². The van der Waals surface area contributed by atoms with Gasteiger partial charge in [-0.2, -0.15) is 0 Å². The number of halogens is 1. The van der Waals surface area contributed by atoms with Crippen molar-refractivity contribution in [1.82, 2.24) is 0 Å². The summed E-state index contributed by atoms with van der Waals surface area (Å²) >= 11 is 3.62. The summed E-state index contributed by atoms with van der Waals surface area (Å²) in [5.41, 5.74) is 5.19. The molecule has 0 radical (unpaired) electrons. The molecule has 0 N–H and O–H groups in total. The molecule has 0 amide bonds. The number of hydrogen-bond donors (Lipinski definition) is 0. The highest BCUT2D eigenvalue weighted by molar-refractivity contribution is 9.10. The van der Waals surface area contributed by atoms with Crippen LogP contribution in [0.25, 0.3) is 11.1 Å². The normalized spacial score (nSPS) is 10.4. The third-order valence-corrected chi connectivity index (χ3v) is 3.45. The van der Waals surface area contributed by atoms with Crippen LogP contribution in [0.4, 0.5) is 0 Å². The molecule has 0 bridgehead atoms. The van der Waals surface area contributed by atoms with E-state index in [2.05, 4.69) is 72.2 Å². The van der Waals surface area contributed by atoms with E-state index < -0.39 is 0 Å². The van der Waals surface area contributed by atoms with Crippen molar-refractivity contribution in [3.05, 3.63) is 58.1 Å². The fraction of sp³-hybridized carbons (Fsp3) is 0.200. The van der Waals surface area contributed by atoms with Crippen molar-refractivity contribution in [2.45, 2.75) is 20.3 Å². The van der Waals surface area contributed by atoms with Gasteiger partial charge in [0.25, 0.3) is 0 Å². The van der Waals surface area contributed by atoms with Gasteiger partial charge in [-0.05, 0) is 41.7 Å². The van der Waals surface area contributed by atoms with Crippen LogP contribution in [0.1, 0.15) is 18.1 Å². The molecule has 82 valence electrons. The smallest absolute Gasteiger partial charge is 0.0256 e. The van der Waals surface area contributed by atoms with E-state index in [1.165, 1.54) is 22.3 Å². The van der Waals surface area contributed by atoms with Crippen molar-refractivity contribution in [3.8, 4) is 11.1 Å². The van der Waals surface area contributed by atoms with Crippen molar-refractivity contribution in [1.29, 1.82) is 0 Å². The lowest BCUT2D eigenvalue weighted by Gasteiger charge is -2.06. The van der Waals surface area contributed by atoms with Gasteiger partial charge in [0.1, 0.15) is 0 Å². The number of hydrogen-bond acceptors (Lipinski definition) is 0. The molecule has 2 aromatic carbocycles.